The monoisotopic (exact) mass is 415 g/mol. The summed E-state index contributed by atoms with van der Waals surface area (Å²) in [4.78, 5) is 12.8. The fourth-order valence-corrected chi connectivity index (χ4v) is 3.78. The smallest absolute Gasteiger partial charge is 0.255 e. The summed E-state index contributed by atoms with van der Waals surface area (Å²) in [6, 6.07) is 16.2. The lowest BCUT2D eigenvalue weighted by Gasteiger charge is -2.18. The summed E-state index contributed by atoms with van der Waals surface area (Å²) < 4.78 is 6.84. The van der Waals surface area contributed by atoms with Gasteiger partial charge in [0.25, 0.3) is 5.91 Å². The normalized spacial score (nSPS) is 15.3. The van der Waals surface area contributed by atoms with E-state index in [1.165, 1.54) is 31.2 Å². The largest absolute Gasteiger partial charge is 0.492 e. The van der Waals surface area contributed by atoms with Gasteiger partial charge >= 0.3 is 0 Å². The molecule has 1 saturated carbocycles. The van der Waals surface area contributed by atoms with Crippen LogP contribution in [0.2, 0.25) is 0 Å². The van der Waals surface area contributed by atoms with Gasteiger partial charge in [0.15, 0.2) is 0 Å². The summed E-state index contributed by atoms with van der Waals surface area (Å²) in [5, 5.41) is 3.21. The molecule has 138 valence electrons. The van der Waals surface area contributed by atoms with Crippen molar-refractivity contribution in [3.05, 3.63) is 64.1 Å². The maximum atomic E-state index is 12.8. The third-order valence-corrected chi connectivity index (χ3v) is 5.36. The molecule has 0 saturated heterocycles. The van der Waals surface area contributed by atoms with Crippen molar-refractivity contribution in [2.24, 2.45) is 0 Å². The van der Waals surface area contributed by atoms with Gasteiger partial charge in [0.1, 0.15) is 5.75 Å². The molecule has 2 aromatic carbocycles. The molecular formula is C22H26BrNO2. The van der Waals surface area contributed by atoms with E-state index in [1.807, 2.05) is 36.4 Å². The third kappa shape index (κ3) is 5.60. The molecule has 3 rings (SSSR count). The highest BCUT2D eigenvalue weighted by molar-refractivity contribution is 9.10. The van der Waals surface area contributed by atoms with Gasteiger partial charge in [-0.2, -0.15) is 0 Å². The third-order valence-electron chi connectivity index (χ3n) is 4.87. The first-order chi connectivity index (χ1) is 12.7. The van der Waals surface area contributed by atoms with E-state index in [1.54, 1.807) is 0 Å². The summed E-state index contributed by atoms with van der Waals surface area (Å²) in [7, 11) is 0. The van der Waals surface area contributed by atoms with Gasteiger partial charge in [-0.1, -0.05) is 71.9 Å². The molecule has 0 unspecified atom stereocenters. The predicted octanol–water partition coefficient (Wildman–Crippen LogP) is 5.52. The number of ether oxygens (including phenoxy) is 1. The Labute approximate surface area is 164 Å². The maximum absolute atomic E-state index is 12.8. The van der Waals surface area contributed by atoms with Crippen molar-refractivity contribution in [2.45, 2.75) is 51.0 Å². The van der Waals surface area contributed by atoms with Crippen LogP contribution >= 0.6 is 15.9 Å². The number of hydrogen-bond donors (Lipinski definition) is 1. The Kier molecular flexibility index (Phi) is 7.13. The summed E-state index contributed by atoms with van der Waals surface area (Å²) in [5.41, 5.74) is 1.84. The minimum atomic E-state index is -0.0343. The summed E-state index contributed by atoms with van der Waals surface area (Å²) in [6.45, 7) is 0.551. The molecule has 1 fully saturated rings. The van der Waals surface area contributed by atoms with Crippen LogP contribution in [0, 0.1) is 0 Å². The molecule has 0 heterocycles. The molecule has 26 heavy (non-hydrogen) atoms. The molecule has 0 aromatic heterocycles. The maximum Gasteiger partial charge on any atom is 0.255 e. The molecule has 1 aliphatic rings. The van der Waals surface area contributed by atoms with E-state index in [4.69, 9.17) is 4.74 Å². The lowest BCUT2D eigenvalue weighted by molar-refractivity contribution is 0.0929. The summed E-state index contributed by atoms with van der Waals surface area (Å²) in [5.74, 6) is 0.614. The average Bonchev–Trinajstić information content (AvgIpc) is 2.92. The van der Waals surface area contributed by atoms with E-state index in [0.717, 1.165) is 23.7 Å². The van der Waals surface area contributed by atoms with Crippen molar-refractivity contribution in [1.29, 1.82) is 0 Å². The summed E-state index contributed by atoms with van der Waals surface area (Å²) >= 11 is 3.47. The molecule has 0 atom stereocenters. The Morgan fingerprint density at radius 3 is 2.50 bits per heavy atom. The van der Waals surface area contributed by atoms with Crippen molar-refractivity contribution in [1.82, 2.24) is 5.32 Å². The van der Waals surface area contributed by atoms with Crippen LogP contribution in [0.3, 0.4) is 0 Å². The number of nitrogens with one attached hydrogen (secondary N) is 1. The van der Waals surface area contributed by atoms with Crippen molar-refractivity contribution >= 4 is 21.8 Å². The molecule has 0 aliphatic heterocycles. The van der Waals surface area contributed by atoms with Gasteiger partial charge in [-0.15, -0.1) is 0 Å². The molecule has 4 heteroatoms. The zero-order valence-corrected chi connectivity index (χ0v) is 16.6. The Bertz CT molecular complexity index is 709. The highest BCUT2D eigenvalue weighted by Crippen LogP contribution is 2.25. The molecule has 0 bridgehead atoms. The average molecular weight is 416 g/mol. The van der Waals surface area contributed by atoms with Crippen LogP contribution in [0.4, 0.5) is 0 Å². The van der Waals surface area contributed by atoms with Crippen LogP contribution in [-0.2, 0) is 6.42 Å². The lowest BCUT2D eigenvalue weighted by atomic mass is 10.1. The second-order valence-corrected chi connectivity index (χ2v) is 7.80. The van der Waals surface area contributed by atoms with E-state index in [0.29, 0.717) is 17.9 Å². The Hall–Kier alpha value is -1.81. The van der Waals surface area contributed by atoms with Crippen LogP contribution in [0.15, 0.2) is 53.0 Å². The van der Waals surface area contributed by atoms with E-state index in [2.05, 4.69) is 33.4 Å². The standard InChI is InChI=1S/C22H26BrNO2/c23-18-12-13-21(26-15-14-17-8-4-3-5-9-17)20(16-18)22(25)24-19-10-6-1-2-7-11-19/h3-5,8-9,12-13,16,19H,1-2,6-7,10-11,14-15H2,(H,24,25). The molecule has 1 amide bonds. The minimum Gasteiger partial charge on any atom is -0.492 e. The summed E-state index contributed by atoms with van der Waals surface area (Å²) in [6.07, 6.45) is 7.91. The molecule has 1 N–H and O–H groups in total. The number of amides is 1. The van der Waals surface area contributed by atoms with Gasteiger partial charge < -0.3 is 10.1 Å². The van der Waals surface area contributed by atoms with Gasteiger partial charge in [-0.3, -0.25) is 4.79 Å². The van der Waals surface area contributed by atoms with Gasteiger partial charge in [-0.05, 0) is 36.6 Å². The fraction of sp³-hybridized carbons (Fsp3) is 0.409. The topological polar surface area (TPSA) is 38.3 Å². The van der Waals surface area contributed by atoms with Crippen LogP contribution < -0.4 is 10.1 Å². The van der Waals surface area contributed by atoms with Gasteiger partial charge in [0, 0.05) is 16.9 Å². The minimum absolute atomic E-state index is 0.0343. The van der Waals surface area contributed by atoms with E-state index < -0.39 is 0 Å². The fourth-order valence-electron chi connectivity index (χ4n) is 3.42. The molecule has 1 aliphatic carbocycles. The first-order valence-corrected chi connectivity index (χ1v) is 10.3. The van der Waals surface area contributed by atoms with Crippen LogP contribution in [0.1, 0.15) is 54.4 Å². The second-order valence-electron chi connectivity index (χ2n) is 6.89. The van der Waals surface area contributed by atoms with Crippen molar-refractivity contribution in [2.75, 3.05) is 6.61 Å². The number of carbonyl (C=O) groups is 1. The number of carbonyl (C=O) groups excluding carboxylic acids is 1. The van der Waals surface area contributed by atoms with E-state index >= 15 is 0 Å². The second kappa shape index (κ2) is 9.77. The predicted molar refractivity (Wildman–Crippen MR) is 109 cm³/mol. The molecular weight excluding hydrogens is 390 g/mol. The van der Waals surface area contributed by atoms with Crippen molar-refractivity contribution < 1.29 is 9.53 Å². The number of benzene rings is 2. The number of hydrogen-bond acceptors (Lipinski definition) is 2. The van der Waals surface area contributed by atoms with Gasteiger partial charge in [0.05, 0.1) is 12.2 Å². The van der Waals surface area contributed by atoms with Crippen molar-refractivity contribution in [3.8, 4) is 5.75 Å². The molecule has 2 aromatic rings. The zero-order valence-electron chi connectivity index (χ0n) is 15.0. The molecule has 3 nitrogen and oxygen atoms in total. The van der Waals surface area contributed by atoms with E-state index in [-0.39, 0.29) is 11.9 Å². The Morgan fingerprint density at radius 2 is 1.77 bits per heavy atom. The van der Waals surface area contributed by atoms with Gasteiger partial charge in [-0.25, -0.2) is 0 Å². The zero-order chi connectivity index (χ0) is 18.2. The Morgan fingerprint density at radius 1 is 1.04 bits per heavy atom. The first-order valence-electron chi connectivity index (χ1n) is 9.49. The van der Waals surface area contributed by atoms with Crippen molar-refractivity contribution in [3.63, 3.8) is 0 Å². The highest BCUT2D eigenvalue weighted by atomic mass is 79.9. The molecule has 0 radical (unpaired) electrons. The molecule has 0 spiro atoms. The van der Waals surface area contributed by atoms with Gasteiger partial charge in [0.2, 0.25) is 0 Å². The highest BCUT2D eigenvalue weighted by Gasteiger charge is 2.19. The SMILES string of the molecule is O=C(NC1CCCCCC1)c1cc(Br)ccc1OCCc1ccccc1. The quantitative estimate of drug-likeness (QED) is 0.630. The lowest BCUT2D eigenvalue weighted by Crippen LogP contribution is -2.34. The van der Waals surface area contributed by atoms with Crippen LogP contribution in [0.25, 0.3) is 0 Å². The number of halogens is 1. The first kappa shape index (κ1) is 19.0. The Balaban J connectivity index is 1.63. The van der Waals surface area contributed by atoms with Crippen LogP contribution in [-0.4, -0.2) is 18.6 Å². The van der Waals surface area contributed by atoms with E-state index in [9.17, 15) is 4.79 Å². The van der Waals surface area contributed by atoms with Crippen LogP contribution in [0.5, 0.6) is 5.75 Å². The number of rotatable bonds is 6.